The van der Waals surface area contributed by atoms with Crippen LogP contribution in [0.5, 0.6) is 0 Å². The van der Waals surface area contributed by atoms with Crippen molar-refractivity contribution in [2.45, 2.75) is 4.08 Å². The lowest BCUT2D eigenvalue weighted by molar-refractivity contribution is 0.418. The number of aliphatic imine (C=N–C) groups is 1. The quantitative estimate of drug-likeness (QED) is 0.443. The molecule has 1 aromatic carbocycles. The summed E-state index contributed by atoms with van der Waals surface area (Å²) in [7, 11) is -10.7. The second-order valence-corrected chi connectivity index (χ2v) is 8.68. The van der Waals surface area contributed by atoms with Crippen molar-refractivity contribution >= 4 is 43.7 Å². The van der Waals surface area contributed by atoms with Gasteiger partial charge in [0.15, 0.2) is 0 Å². The Morgan fingerprint density at radius 3 is 2.24 bits per heavy atom. The number of rotatable bonds is 5. The predicted octanol–water partition coefficient (Wildman–Crippen LogP) is 2.34. The Morgan fingerprint density at radius 1 is 1.12 bits per heavy atom. The molecule has 0 saturated heterocycles. The monoisotopic (exact) mass is 399 g/mol. The van der Waals surface area contributed by atoms with E-state index in [0.29, 0.717) is 5.56 Å². The molecule has 1 aromatic rings. The van der Waals surface area contributed by atoms with Crippen LogP contribution in [0.15, 0.2) is 65.3 Å². The van der Waals surface area contributed by atoms with Crippen molar-refractivity contribution in [1.29, 1.82) is 0 Å². The fourth-order valence-electron chi connectivity index (χ4n) is 2.56. The molecule has 0 fully saturated rings. The van der Waals surface area contributed by atoms with Crippen molar-refractivity contribution in [1.82, 2.24) is 0 Å². The zero-order chi connectivity index (χ0) is 18.7. The minimum atomic E-state index is -5.36. The highest BCUT2D eigenvalue weighted by Gasteiger charge is 2.62. The molecule has 0 radical (unpaired) electrons. The molecule has 2 rings (SSSR count). The first-order valence-electron chi connectivity index (χ1n) is 6.78. The van der Waals surface area contributed by atoms with Gasteiger partial charge < -0.3 is 0 Å². The van der Waals surface area contributed by atoms with Gasteiger partial charge in [0.25, 0.3) is 24.3 Å². The summed E-state index contributed by atoms with van der Waals surface area (Å²) in [6.45, 7) is 0. The van der Waals surface area contributed by atoms with Crippen LogP contribution in [0.3, 0.4) is 0 Å². The third kappa shape index (κ3) is 3.54. The highest BCUT2D eigenvalue weighted by atomic mass is 32.3. The molecule has 2 N–H and O–H groups in total. The average Bonchev–Trinajstić information content (AvgIpc) is 2.52. The Morgan fingerprint density at radius 2 is 1.72 bits per heavy atom. The zero-order valence-corrected chi connectivity index (χ0v) is 15.0. The molecule has 0 amide bonds. The van der Waals surface area contributed by atoms with Crippen LogP contribution in [0.1, 0.15) is 5.56 Å². The largest absolute Gasteiger partial charge is 0.294 e. The number of benzene rings is 1. The van der Waals surface area contributed by atoms with E-state index in [1.165, 1.54) is 24.3 Å². The van der Waals surface area contributed by atoms with Crippen molar-refractivity contribution in [2.75, 3.05) is 0 Å². The van der Waals surface area contributed by atoms with Gasteiger partial charge in [-0.2, -0.15) is 21.8 Å². The van der Waals surface area contributed by atoms with Crippen LogP contribution >= 0.6 is 12.2 Å². The van der Waals surface area contributed by atoms with E-state index in [1.54, 1.807) is 30.3 Å². The predicted molar refractivity (Wildman–Crippen MR) is 97.0 cm³/mol. The standard InChI is InChI=1S/C15H13NO6S3/c17-24(18,19)15(25(20,21)22)13(7-4-8-14(15)16-11-23)10-9-12-5-2-1-3-6-12/h1-10,13H,(H,17,18,19)(H,20,21,22). The fraction of sp³-hybridized carbons (Fsp3) is 0.133. The lowest BCUT2D eigenvalue weighted by Crippen LogP contribution is -2.52. The van der Waals surface area contributed by atoms with Gasteiger partial charge in [-0.05, 0) is 23.9 Å². The molecule has 1 unspecified atom stereocenters. The van der Waals surface area contributed by atoms with Gasteiger partial charge in [0, 0.05) is 5.92 Å². The summed E-state index contributed by atoms with van der Waals surface area (Å²) in [4.78, 5) is 3.44. The van der Waals surface area contributed by atoms with E-state index in [1.807, 2.05) is 5.16 Å². The number of hydrogen-bond acceptors (Lipinski definition) is 6. The average molecular weight is 399 g/mol. The van der Waals surface area contributed by atoms with Crippen molar-refractivity contribution in [3.63, 3.8) is 0 Å². The summed E-state index contributed by atoms with van der Waals surface area (Å²) in [5.41, 5.74) is 0.00243. The van der Waals surface area contributed by atoms with Gasteiger partial charge in [-0.15, -0.1) is 0 Å². The zero-order valence-electron chi connectivity index (χ0n) is 12.6. The van der Waals surface area contributed by atoms with Crippen molar-refractivity contribution in [2.24, 2.45) is 10.9 Å². The third-order valence-electron chi connectivity index (χ3n) is 3.60. The van der Waals surface area contributed by atoms with Crippen molar-refractivity contribution < 1.29 is 25.9 Å². The first-order valence-corrected chi connectivity index (χ1v) is 10.1. The van der Waals surface area contributed by atoms with Gasteiger partial charge in [-0.1, -0.05) is 54.6 Å². The molecule has 10 heteroatoms. The summed E-state index contributed by atoms with van der Waals surface area (Å²) in [5, 5.41) is 1.86. The maximum Gasteiger partial charge on any atom is 0.294 e. The maximum atomic E-state index is 12.0. The van der Waals surface area contributed by atoms with E-state index < -0.39 is 35.9 Å². The minimum absolute atomic E-state index is 0.655. The first-order chi connectivity index (χ1) is 11.6. The van der Waals surface area contributed by atoms with Crippen LogP contribution in [0, 0.1) is 5.92 Å². The molecular weight excluding hydrogens is 386 g/mol. The van der Waals surface area contributed by atoms with E-state index in [4.69, 9.17) is 0 Å². The molecule has 0 bridgehead atoms. The number of hydrogen-bond donors (Lipinski definition) is 2. The second kappa shape index (κ2) is 7.12. The Hall–Kier alpha value is -1.94. The Kier molecular flexibility index (Phi) is 5.52. The second-order valence-electron chi connectivity index (χ2n) is 5.05. The molecule has 7 nitrogen and oxygen atoms in total. The van der Waals surface area contributed by atoms with E-state index in [9.17, 15) is 25.9 Å². The van der Waals surface area contributed by atoms with Gasteiger partial charge >= 0.3 is 0 Å². The Labute approximate surface area is 150 Å². The van der Waals surface area contributed by atoms with E-state index in [0.717, 1.165) is 6.08 Å². The van der Waals surface area contributed by atoms with Crippen LogP contribution in [0.2, 0.25) is 0 Å². The van der Waals surface area contributed by atoms with Crippen LogP contribution in [0.4, 0.5) is 0 Å². The molecule has 1 atom stereocenters. The molecule has 0 heterocycles. The minimum Gasteiger partial charge on any atom is -0.284 e. The molecular formula is C15H13NO6S3. The highest BCUT2D eigenvalue weighted by Crippen LogP contribution is 2.43. The van der Waals surface area contributed by atoms with Crippen LogP contribution in [0.25, 0.3) is 6.08 Å². The van der Waals surface area contributed by atoms with Crippen molar-refractivity contribution in [3.05, 3.63) is 65.9 Å². The molecule has 1 aliphatic carbocycles. The normalized spacial score (nSPS) is 20.1. The first kappa shape index (κ1) is 19.4. The molecule has 0 aromatic heterocycles. The van der Waals surface area contributed by atoms with Crippen LogP contribution in [-0.4, -0.2) is 35.2 Å². The van der Waals surface area contributed by atoms with E-state index in [2.05, 4.69) is 17.2 Å². The van der Waals surface area contributed by atoms with Gasteiger partial charge in [-0.25, -0.2) is 0 Å². The summed E-state index contributed by atoms with van der Waals surface area (Å²) in [5.74, 6) is -1.45. The number of allylic oxidation sites excluding steroid dienone is 4. The maximum absolute atomic E-state index is 12.0. The number of isothiocyanates is 1. The highest BCUT2D eigenvalue weighted by molar-refractivity contribution is 8.05. The van der Waals surface area contributed by atoms with E-state index >= 15 is 0 Å². The van der Waals surface area contributed by atoms with Gasteiger partial charge in [-0.3, -0.25) is 9.11 Å². The van der Waals surface area contributed by atoms with Crippen LogP contribution in [-0.2, 0) is 20.2 Å². The molecule has 1 aliphatic rings. The van der Waals surface area contributed by atoms with Crippen LogP contribution < -0.4 is 0 Å². The smallest absolute Gasteiger partial charge is 0.284 e. The summed E-state index contributed by atoms with van der Waals surface area (Å²) >= 11 is 4.41. The number of nitrogens with zero attached hydrogens (tertiary/aromatic N) is 1. The summed E-state index contributed by atoms with van der Waals surface area (Å²) < 4.78 is 64.5. The SMILES string of the molecule is O=S(=O)(O)C1(S(=O)(=O)O)C(N=C=S)=CC=CC1C=Cc1ccccc1. The van der Waals surface area contributed by atoms with Crippen molar-refractivity contribution in [3.8, 4) is 0 Å². The van der Waals surface area contributed by atoms with E-state index in [-0.39, 0.29) is 0 Å². The Balaban J connectivity index is 2.73. The lowest BCUT2D eigenvalue weighted by atomic mass is 9.95. The molecule has 25 heavy (non-hydrogen) atoms. The molecule has 132 valence electrons. The third-order valence-corrected chi connectivity index (χ3v) is 7.45. The molecule has 0 saturated carbocycles. The molecule has 0 aliphatic heterocycles. The van der Waals surface area contributed by atoms with Gasteiger partial charge in [0.1, 0.15) is 0 Å². The Bertz CT molecular complexity index is 969. The summed E-state index contributed by atoms with van der Waals surface area (Å²) in [6, 6.07) is 8.65. The number of thiocarbonyl (C=S) groups is 1. The summed E-state index contributed by atoms with van der Waals surface area (Å²) in [6.07, 6.45) is 6.28. The lowest BCUT2D eigenvalue weighted by Gasteiger charge is -2.33. The van der Waals surface area contributed by atoms with Gasteiger partial charge in [0.05, 0.1) is 10.9 Å². The fourth-order valence-corrected chi connectivity index (χ4v) is 5.48. The van der Waals surface area contributed by atoms with Gasteiger partial charge in [0.2, 0.25) is 0 Å². The topological polar surface area (TPSA) is 121 Å². The molecule has 0 spiro atoms.